The fourth-order valence-corrected chi connectivity index (χ4v) is 1.81. The smallest absolute Gasteiger partial charge is 0.227 e. The number of carbonyl (C=O) groups is 1. The molecule has 13 heavy (non-hydrogen) atoms. The molecule has 1 amide bonds. The van der Waals surface area contributed by atoms with Crippen LogP contribution in [0.3, 0.4) is 0 Å². The Hall–Kier alpha value is -1.01. The summed E-state index contributed by atoms with van der Waals surface area (Å²) >= 11 is 0. The van der Waals surface area contributed by atoms with Crippen molar-refractivity contribution in [3.8, 4) is 12.3 Å². The summed E-state index contributed by atoms with van der Waals surface area (Å²) in [5.41, 5.74) is -0.244. The van der Waals surface area contributed by atoms with Gasteiger partial charge >= 0.3 is 0 Å². The zero-order valence-electron chi connectivity index (χ0n) is 8.26. The zero-order chi connectivity index (χ0) is 9.90. The molecule has 0 saturated carbocycles. The standard InChI is InChI=1S/C10H16N2O/c1-4-6-12-7-5-10(2,8-12)9(13)11-3/h1H,5-8H2,2-3H3,(H,11,13). The third-order valence-corrected chi connectivity index (χ3v) is 2.64. The molecule has 0 spiro atoms. The van der Waals surface area contributed by atoms with Crippen molar-refractivity contribution >= 4 is 5.91 Å². The molecule has 1 fully saturated rings. The van der Waals surface area contributed by atoms with E-state index < -0.39 is 0 Å². The van der Waals surface area contributed by atoms with Crippen molar-refractivity contribution in [3.63, 3.8) is 0 Å². The first kappa shape index (κ1) is 10.1. The number of terminal acetylenes is 1. The molecule has 0 aromatic heterocycles. The average molecular weight is 180 g/mol. The number of hydrogen-bond donors (Lipinski definition) is 1. The molecule has 0 aliphatic carbocycles. The van der Waals surface area contributed by atoms with Crippen LogP contribution in [-0.2, 0) is 4.79 Å². The van der Waals surface area contributed by atoms with Crippen LogP contribution in [0.1, 0.15) is 13.3 Å². The SMILES string of the molecule is C#CCN1CCC(C)(C(=O)NC)C1. The predicted molar refractivity (Wildman–Crippen MR) is 52.1 cm³/mol. The summed E-state index contributed by atoms with van der Waals surface area (Å²) in [5, 5.41) is 2.69. The summed E-state index contributed by atoms with van der Waals surface area (Å²) in [6, 6.07) is 0. The van der Waals surface area contributed by atoms with E-state index in [0.29, 0.717) is 6.54 Å². The lowest BCUT2D eigenvalue weighted by Gasteiger charge is -2.21. The van der Waals surface area contributed by atoms with Gasteiger partial charge < -0.3 is 5.32 Å². The average Bonchev–Trinajstić information content (AvgIpc) is 2.48. The topological polar surface area (TPSA) is 32.3 Å². The summed E-state index contributed by atoms with van der Waals surface area (Å²) in [6.45, 7) is 4.33. The van der Waals surface area contributed by atoms with Gasteiger partial charge in [0.15, 0.2) is 0 Å². The Morgan fingerprint density at radius 1 is 1.77 bits per heavy atom. The number of amides is 1. The molecule has 3 heteroatoms. The van der Waals surface area contributed by atoms with Gasteiger partial charge in [-0.25, -0.2) is 0 Å². The molecule has 1 aliphatic heterocycles. The van der Waals surface area contributed by atoms with Gasteiger partial charge in [-0.2, -0.15) is 0 Å². The van der Waals surface area contributed by atoms with Crippen molar-refractivity contribution < 1.29 is 4.79 Å². The third kappa shape index (κ3) is 2.02. The van der Waals surface area contributed by atoms with Gasteiger partial charge in [0.2, 0.25) is 5.91 Å². The molecule has 3 nitrogen and oxygen atoms in total. The first-order valence-corrected chi connectivity index (χ1v) is 4.50. The van der Waals surface area contributed by atoms with Crippen molar-refractivity contribution in [2.75, 3.05) is 26.7 Å². The van der Waals surface area contributed by atoms with Gasteiger partial charge in [0.25, 0.3) is 0 Å². The molecule has 1 heterocycles. The van der Waals surface area contributed by atoms with E-state index in [9.17, 15) is 4.79 Å². The molecule has 1 aliphatic rings. The molecule has 1 unspecified atom stereocenters. The van der Waals surface area contributed by atoms with E-state index in [0.717, 1.165) is 19.5 Å². The van der Waals surface area contributed by atoms with E-state index in [-0.39, 0.29) is 11.3 Å². The lowest BCUT2D eigenvalue weighted by Crippen LogP contribution is -2.39. The molecule has 0 aromatic rings. The second-order valence-electron chi connectivity index (χ2n) is 3.80. The Kier molecular flexibility index (Phi) is 2.94. The second kappa shape index (κ2) is 3.80. The van der Waals surface area contributed by atoms with Gasteiger partial charge in [0, 0.05) is 20.1 Å². The van der Waals surface area contributed by atoms with Crippen LogP contribution >= 0.6 is 0 Å². The Bertz CT molecular complexity index is 244. The highest BCUT2D eigenvalue weighted by Gasteiger charge is 2.39. The van der Waals surface area contributed by atoms with Gasteiger partial charge in [0.1, 0.15) is 0 Å². The Morgan fingerprint density at radius 3 is 3.00 bits per heavy atom. The zero-order valence-corrected chi connectivity index (χ0v) is 8.26. The van der Waals surface area contributed by atoms with Crippen LogP contribution in [-0.4, -0.2) is 37.5 Å². The third-order valence-electron chi connectivity index (χ3n) is 2.64. The summed E-state index contributed by atoms with van der Waals surface area (Å²) < 4.78 is 0. The number of likely N-dealkylation sites (tertiary alicyclic amines) is 1. The summed E-state index contributed by atoms with van der Waals surface area (Å²) in [7, 11) is 1.68. The fraction of sp³-hybridized carbons (Fsp3) is 0.700. The Labute approximate surface area is 79.5 Å². The number of nitrogens with one attached hydrogen (secondary N) is 1. The van der Waals surface area contributed by atoms with Crippen molar-refractivity contribution in [3.05, 3.63) is 0 Å². The molecule has 0 bridgehead atoms. The molecule has 1 rings (SSSR count). The molecule has 0 aromatic carbocycles. The minimum Gasteiger partial charge on any atom is -0.359 e. The summed E-state index contributed by atoms with van der Waals surface area (Å²) in [5.74, 6) is 2.72. The number of carbonyl (C=O) groups excluding carboxylic acids is 1. The Balaban J connectivity index is 2.57. The van der Waals surface area contributed by atoms with Crippen LogP contribution in [0, 0.1) is 17.8 Å². The van der Waals surface area contributed by atoms with E-state index in [1.807, 2.05) is 6.92 Å². The van der Waals surface area contributed by atoms with Gasteiger partial charge in [-0.1, -0.05) is 5.92 Å². The molecule has 1 atom stereocenters. The van der Waals surface area contributed by atoms with E-state index in [1.54, 1.807) is 7.05 Å². The molecule has 0 radical (unpaired) electrons. The normalized spacial score (nSPS) is 28.4. The van der Waals surface area contributed by atoms with E-state index in [2.05, 4.69) is 16.1 Å². The largest absolute Gasteiger partial charge is 0.359 e. The predicted octanol–water partition coefficient (Wildman–Crippen LogP) is 0.0776. The van der Waals surface area contributed by atoms with Crippen molar-refractivity contribution in [1.29, 1.82) is 0 Å². The number of rotatable bonds is 2. The first-order valence-electron chi connectivity index (χ1n) is 4.50. The maximum absolute atomic E-state index is 11.5. The van der Waals surface area contributed by atoms with Crippen molar-refractivity contribution in [2.24, 2.45) is 5.41 Å². The van der Waals surface area contributed by atoms with Crippen molar-refractivity contribution in [1.82, 2.24) is 10.2 Å². The molecule has 1 N–H and O–H groups in total. The number of nitrogens with zero attached hydrogens (tertiary/aromatic N) is 1. The van der Waals surface area contributed by atoms with Gasteiger partial charge in [-0.05, 0) is 13.3 Å². The van der Waals surface area contributed by atoms with Crippen LogP contribution in [0.4, 0.5) is 0 Å². The van der Waals surface area contributed by atoms with Gasteiger partial charge in [0.05, 0.1) is 12.0 Å². The second-order valence-corrected chi connectivity index (χ2v) is 3.80. The van der Waals surface area contributed by atoms with E-state index in [1.165, 1.54) is 0 Å². The minimum atomic E-state index is -0.244. The van der Waals surface area contributed by atoms with Gasteiger partial charge in [-0.3, -0.25) is 9.69 Å². The maximum atomic E-state index is 11.5. The molecule has 1 saturated heterocycles. The molecule has 72 valence electrons. The van der Waals surface area contributed by atoms with Crippen LogP contribution in [0.5, 0.6) is 0 Å². The van der Waals surface area contributed by atoms with Gasteiger partial charge in [-0.15, -0.1) is 6.42 Å². The lowest BCUT2D eigenvalue weighted by atomic mass is 9.89. The van der Waals surface area contributed by atoms with E-state index >= 15 is 0 Å². The Morgan fingerprint density at radius 2 is 2.46 bits per heavy atom. The van der Waals surface area contributed by atoms with Crippen LogP contribution in [0.2, 0.25) is 0 Å². The quantitative estimate of drug-likeness (QED) is 0.610. The highest BCUT2D eigenvalue weighted by Crippen LogP contribution is 2.29. The van der Waals surface area contributed by atoms with E-state index in [4.69, 9.17) is 6.42 Å². The minimum absolute atomic E-state index is 0.118. The summed E-state index contributed by atoms with van der Waals surface area (Å²) in [6.07, 6.45) is 6.11. The maximum Gasteiger partial charge on any atom is 0.227 e. The fourth-order valence-electron chi connectivity index (χ4n) is 1.81. The van der Waals surface area contributed by atoms with Crippen LogP contribution in [0.25, 0.3) is 0 Å². The number of hydrogen-bond acceptors (Lipinski definition) is 2. The lowest BCUT2D eigenvalue weighted by molar-refractivity contribution is -0.129. The molecular formula is C10H16N2O. The molecular weight excluding hydrogens is 164 g/mol. The van der Waals surface area contributed by atoms with Crippen molar-refractivity contribution in [2.45, 2.75) is 13.3 Å². The highest BCUT2D eigenvalue weighted by molar-refractivity contribution is 5.82. The highest BCUT2D eigenvalue weighted by atomic mass is 16.2. The monoisotopic (exact) mass is 180 g/mol. The first-order chi connectivity index (χ1) is 6.12. The summed E-state index contributed by atoms with van der Waals surface area (Å²) in [4.78, 5) is 13.6. The van der Waals surface area contributed by atoms with Crippen LogP contribution in [0.15, 0.2) is 0 Å². The van der Waals surface area contributed by atoms with Crippen LogP contribution < -0.4 is 5.32 Å².